The molecule has 0 saturated carbocycles. The van der Waals surface area contributed by atoms with Crippen molar-refractivity contribution in [2.45, 2.75) is 25.6 Å². The zero-order chi connectivity index (χ0) is 21.8. The van der Waals surface area contributed by atoms with Crippen molar-refractivity contribution in [3.63, 3.8) is 0 Å². The lowest BCUT2D eigenvalue weighted by Gasteiger charge is -2.34. The van der Waals surface area contributed by atoms with Gasteiger partial charge in [-0.2, -0.15) is 0 Å². The summed E-state index contributed by atoms with van der Waals surface area (Å²) >= 11 is 0. The molecule has 2 aromatic carbocycles. The molecule has 1 unspecified atom stereocenters. The van der Waals surface area contributed by atoms with Crippen LogP contribution in [0.15, 0.2) is 71.3 Å². The van der Waals surface area contributed by atoms with Crippen LogP contribution in [0.4, 0.5) is 0 Å². The van der Waals surface area contributed by atoms with Gasteiger partial charge in [-0.25, -0.2) is 9.59 Å². The van der Waals surface area contributed by atoms with Crippen LogP contribution in [0.3, 0.4) is 0 Å². The summed E-state index contributed by atoms with van der Waals surface area (Å²) in [6.07, 6.45) is 1.79. The van der Waals surface area contributed by atoms with E-state index in [4.69, 9.17) is 9.15 Å². The molecule has 1 amide bonds. The zero-order valence-corrected chi connectivity index (χ0v) is 16.9. The SMILES string of the molecule is COC(=O)c1ccc(COC(=O)C2Cc3ccccc3CN2C(=O)c2ccco2)cc1. The van der Waals surface area contributed by atoms with Gasteiger partial charge in [0.05, 0.1) is 18.9 Å². The van der Waals surface area contributed by atoms with Gasteiger partial charge in [0.1, 0.15) is 12.6 Å². The molecule has 158 valence electrons. The smallest absolute Gasteiger partial charge is 0.337 e. The Balaban J connectivity index is 1.50. The topological polar surface area (TPSA) is 86.0 Å². The highest BCUT2D eigenvalue weighted by Crippen LogP contribution is 2.26. The molecule has 3 aromatic rings. The van der Waals surface area contributed by atoms with Gasteiger partial charge in [0.25, 0.3) is 5.91 Å². The average Bonchev–Trinajstić information content (AvgIpc) is 3.36. The minimum atomic E-state index is -0.762. The minimum absolute atomic E-state index is 0.0290. The predicted molar refractivity (Wildman–Crippen MR) is 110 cm³/mol. The van der Waals surface area contributed by atoms with Crippen LogP contribution in [-0.4, -0.2) is 35.9 Å². The van der Waals surface area contributed by atoms with E-state index in [1.54, 1.807) is 36.4 Å². The first-order valence-electron chi connectivity index (χ1n) is 9.82. The van der Waals surface area contributed by atoms with Crippen molar-refractivity contribution in [2.24, 2.45) is 0 Å². The number of methoxy groups -OCH3 is 1. The maximum absolute atomic E-state index is 13.0. The number of carbonyl (C=O) groups is 3. The van der Waals surface area contributed by atoms with Crippen LogP contribution in [-0.2, 0) is 33.8 Å². The number of rotatable bonds is 5. The third kappa shape index (κ3) is 4.35. The number of hydrogen-bond donors (Lipinski definition) is 0. The third-order valence-electron chi connectivity index (χ3n) is 5.27. The van der Waals surface area contributed by atoms with Crippen LogP contribution in [0.1, 0.15) is 37.6 Å². The Hall–Kier alpha value is -3.87. The van der Waals surface area contributed by atoms with Crippen molar-refractivity contribution in [1.82, 2.24) is 4.90 Å². The van der Waals surface area contributed by atoms with Crippen LogP contribution < -0.4 is 0 Å². The number of benzene rings is 2. The van der Waals surface area contributed by atoms with Gasteiger partial charge in [-0.1, -0.05) is 36.4 Å². The lowest BCUT2D eigenvalue weighted by molar-refractivity contribution is -0.151. The molecule has 0 bridgehead atoms. The Kier molecular flexibility index (Phi) is 5.84. The highest BCUT2D eigenvalue weighted by Gasteiger charge is 2.37. The first kappa shape index (κ1) is 20.4. The lowest BCUT2D eigenvalue weighted by Crippen LogP contribution is -2.49. The van der Waals surface area contributed by atoms with Gasteiger partial charge >= 0.3 is 11.9 Å². The molecule has 7 nitrogen and oxygen atoms in total. The summed E-state index contributed by atoms with van der Waals surface area (Å²) in [6, 6.07) is 16.8. The van der Waals surface area contributed by atoms with E-state index in [2.05, 4.69) is 4.74 Å². The number of ether oxygens (including phenoxy) is 2. The molecule has 7 heteroatoms. The Bertz CT molecular complexity index is 1090. The number of hydrogen-bond acceptors (Lipinski definition) is 6. The molecule has 4 rings (SSSR count). The van der Waals surface area contributed by atoms with Gasteiger partial charge in [0.15, 0.2) is 5.76 Å². The average molecular weight is 419 g/mol. The minimum Gasteiger partial charge on any atom is -0.465 e. The Labute approximate surface area is 179 Å². The second-order valence-corrected chi connectivity index (χ2v) is 7.20. The van der Waals surface area contributed by atoms with Crippen LogP contribution in [0.2, 0.25) is 0 Å². The van der Waals surface area contributed by atoms with Gasteiger partial charge in [0.2, 0.25) is 0 Å². The van der Waals surface area contributed by atoms with Gasteiger partial charge in [-0.05, 0) is 41.0 Å². The number of nitrogens with zero attached hydrogens (tertiary/aromatic N) is 1. The van der Waals surface area contributed by atoms with Crippen molar-refractivity contribution in [3.8, 4) is 0 Å². The maximum Gasteiger partial charge on any atom is 0.337 e. The Morgan fingerprint density at radius 2 is 1.74 bits per heavy atom. The van der Waals surface area contributed by atoms with Crippen LogP contribution in [0.25, 0.3) is 0 Å². The lowest BCUT2D eigenvalue weighted by atomic mass is 9.93. The van der Waals surface area contributed by atoms with E-state index in [0.717, 1.165) is 16.7 Å². The summed E-state index contributed by atoms with van der Waals surface area (Å²) in [5, 5.41) is 0. The van der Waals surface area contributed by atoms with Gasteiger partial charge in [0, 0.05) is 13.0 Å². The second-order valence-electron chi connectivity index (χ2n) is 7.20. The number of furan rings is 1. The molecule has 1 atom stereocenters. The van der Waals surface area contributed by atoms with E-state index in [0.29, 0.717) is 18.5 Å². The molecule has 0 aliphatic carbocycles. The molecule has 1 aromatic heterocycles. The fraction of sp³-hybridized carbons (Fsp3) is 0.208. The molecule has 0 fully saturated rings. The molecule has 31 heavy (non-hydrogen) atoms. The quantitative estimate of drug-likeness (QED) is 0.590. The molecule has 0 N–H and O–H groups in total. The molecule has 1 aliphatic heterocycles. The summed E-state index contributed by atoms with van der Waals surface area (Å²) in [7, 11) is 1.32. The molecule has 2 heterocycles. The van der Waals surface area contributed by atoms with Gasteiger partial charge in [-0.3, -0.25) is 4.79 Å². The maximum atomic E-state index is 13.0. The van der Waals surface area contributed by atoms with Crippen molar-refractivity contribution in [3.05, 3.63) is 94.9 Å². The van der Waals surface area contributed by atoms with Crippen LogP contribution >= 0.6 is 0 Å². The summed E-state index contributed by atoms with van der Waals surface area (Å²) in [4.78, 5) is 39.0. The summed E-state index contributed by atoms with van der Waals surface area (Å²) in [6.45, 7) is 0.324. The van der Waals surface area contributed by atoms with E-state index in [1.165, 1.54) is 18.3 Å². The summed E-state index contributed by atoms with van der Waals surface area (Å²) in [5.41, 5.74) is 3.14. The van der Waals surface area contributed by atoms with Crippen molar-refractivity contribution >= 4 is 17.8 Å². The van der Waals surface area contributed by atoms with E-state index >= 15 is 0 Å². The van der Waals surface area contributed by atoms with E-state index in [1.807, 2.05) is 24.3 Å². The predicted octanol–water partition coefficient (Wildman–Crippen LogP) is 3.38. The van der Waals surface area contributed by atoms with Crippen molar-refractivity contribution < 1.29 is 28.3 Å². The molecule has 0 saturated heterocycles. The molecule has 0 radical (unpaired) electrons. The molecule has 0 spiro atoms. The van der Waals surface area contributed by atoms with E-state index in [-0.39, 0.29) is 18.3 Å². The normalized spacial score (nSPS) is 15.1. The second kappa shape index (κ2) is 8.87. The van der Waals surface area contributed by atoms with E-state index < -0.39 is 18.0 Å². The van der Waals surface area contributed by atoms with Gasteiger partial charge in [-0.15, -0.1) is 0 Å². The summed E-state index contributed by atoms with van der Waals surface area (Å²) in [5.74, 6) is -1.11. The summed E-state index contributed by atoms with van der Waals surface area (Å²) < 4.78 is 15.5. The highest BCUT2D eigenvalue weighted by molar-refractivity contribution is 5.95. The van der Waals surface area contributed by atoms with Crippen LogP contribution in [0, 0.1) is 0 Å². The fourth-order valence-electron chi connectivity index (χ4n) is 3.59. The van der Waals surface area contributed by atoms with Gasteiger partial charge < -0.3 is 18.8 Å². The monoisotopic (exact) mass is 419 g/mol. The van der Waals surface area contributed by atoms with Crippen LogP contribution in [0.5, 0.6) is 0 Å². The molecule has 1 aliphatic rings. The molecular formula is C24H21NO6. The fourth-order valence-corrected chi connectivity index (χ4v) is 3.59. The van der Waals surface area contributed by atoms with Crippen molar-refractivity contribution in [2.75, 3.05) is 7.11 Å². The van der Waals surface area contributed by atoms with E-state index in [9.17, 15) is 14.4 Å². The first-order valence-corrected chi connectivity index (χ1v) is 9.82. The number of amides is 1. The zero-order valence-electron chi connectivity index (χ0n) is 16.9. The number of esters is 2. The van der Waals surface area contributed by atoms with Crippen molar-refractivity contribution in [1.29, 1.82) is 0 Å². The first-order chi connectivity index (χ1) is 15.1. The Morgan fingerprint density at radius 1 is 1.00 bits per heavy atom. The standard InChI is InChI=1S/C24H21NO6/c1-29-23(27)17-10-8-16(9-11-17)15-31-24(28)20-13-18-5-2-3-6-19(18)14-25(20)22(26)21-7-4-12-30-21/h2-12,20H,13-15H2,1H3. The Morgan fingerprint density at radius 3 is 2.42 bits per heavy atom. The molecular weight excluding hydrogens is 398 g/mol. The largest absolute Gasteiger partial charge is 0.465 e. The number of fused-ring (bicyclic) bond motifs is 1. The highest BCUT2D eigenvalue weighted by atomic mass is 16.5. The number of carbonyl (C=O) groups excluding carboxylic acids is 3. The third-order valence-corrected chi connectivity index (χ3v) is 5.27.